The molecule has 184 valence electrons. The molecule has 0 spiro atoms. The lowest BCUT2D eigenvalue weighted by Crippen LogP contribution is -2.29. The summed E-state index contributed by atoms with van der Waals surface area (Å²) in [4.78, 5) is 5.08. The molecule has 4 aromatic rings. The zero-order valence-corrected chi connectivity index (χ0v) is 22.6. The molecule has 0 bridgehead atoms. The second kappa shape index (κ2) is 11.3. The van der Waals surface area contributed by atoms with Crippen molar-refractivity contribution >= 4 is 19.6 Å². The van der Waals surface area contributed by atoms with Crippen molar-refractivity contribution in [2.24, 2.45) is 0 Å². The lowest BCUT2D eigenvalue weighted by Gasteiger charge is -2.28. The highest BCUT2D eigenvalue weighted by molar-refractivity contribution is 7.54. The van der Waals surface area contributed by atoms with Gasteiger partial charge in [0.25, 0.3) is 0 Å². The van der Waals surface area contributed by atoms with Crippen LogP contribution in [0.15, 0.2) is 66.7 Å². The number of aryl methyl sites for hydroxylation is 2. The number of imidazole rings is 1. The van der Waals surface area contributed by atoms with E-state index >= 15 is 0 Å². The third kappa shape index (κ3) is 6.09. The maximum Gasteiger partial charge on any atom is 0.225 e. The molecule has 1 atom stereocenters. The molecule has 0 aliphatic rings. The van der Waals surface area contributed by atoms with E-state index in [9.17, 15) is 0 Å². The van der Waals surface area contributed by atoms with Gasteiger partial charge in [0.2, 0.25) is 5.95 Å². The third-order valence-corrected chi connectivity index (χ3v) is 8.54. The normalized spacial score (nSPS) is 12.7. The molecule has 2 aromatic heterocycles. The van der Waals surface area contributed by atoms with Crippen molar-refractivity contribution in [3.05, 3.63) is 83.6 Å². The third-order valence-electron chi connectivity index (χ3n) is 6.06. The van der Waals surface area contributed by atoms with Crippen molar-refractivity contribution in [1.82, 2.24) is 14.6 Å². The Morgan fingerprint density at radius 3 is 2.17 bits per heavy atom. The van der Waals surface area contributed by atoms with E-state index in [1.165, 1.54) is 5.56 Å². The van der Waals surface area contributed by atoms with Crippen LogP contribution in [0.3, 0.4) is 0 Å². The van der Waals surface area contributed by atoms with Gasteiger partial charge in [0.1, 0.15) is 5.69 Å². The van der Waals surface area contributed by atoms with Crippen LogP contribution >= 0.6 is 8.15 Å². The van der Waals surface area contributed by atoms with E-state index in [-0.39, 0.29) is 6.04 Å². The van der Waals surface area contributed by atoms with Crippen LogP contribution in [0.1, 0.15) is 44.5 Å². The Balaban J connectivity index is 1.71. The Kier molecular flexibility index (Phi) is 8.20. The van der Waals surface area contributed by atoms with Gasteiger partial charge in [0.05, 0.1) is 23.9 Å². The van der Waals surface area contributed by atoms with Gasteiger partial charge in [0.15, 0.2) is 0 Å². The predicted molar refractivity (Wildman–Crippen MR) is 149 cm³/mol. The fourth-order valence-electron chi connectivity index (χ4n) is 4.63. The molecule has 0 amide bonds. The minimum Gasteiger partial charge on any atom is -0.357 e. The summed E-state index contributed by atoms with van der Waals surface area (Å²) in [6.45, 7) is 13.8. The van der Waals surface area contributed by atoms with E-state index in [1.54, 1.807) is 0 Å². The van der Waals surface area contributed by atoms with E-state index in [2.05, 4.69) is 101 Å². The summed E-state index contributed by atoms with van der Waals surface area (Å²) >= 11 is 0. The first-order valence-electron chi connectivity index (χ1n) is 12.5. The first-order chi connectivity index (χ1) is 16.8. The van der Waals surface area contributed by atoms with Crippen LogP contribution in [0.2, 0.25) is 0 Å². The average Bonchev–Trinajstić information content (AvgIpc) is 3.18. The summed E-state index contributed by atoms with van der Waals surface area (Å²) in [6, 6.07) is 23.1. The fourth-order valence-corrected chi connectivity index (χ4v) is 6.77. The molecule has 0 aliphatic heterocycles. The maximum absolute atomic E-state index is 6.57. The van der Waals surface area contributed by atoms with E-state index in [1.807, 2.05) is 17.5 Å². The molecule has 1 N–H and O–H groups in total. The average molecular weight is 489 g/mol. The van der Waals surface area contributed by atoms with E-state index < -0.39 is 8.15 Å². The molecular formula is C29H37N4OP. The Morgan fingerprint density at radius 2 is 1.54 bits per heavy atom. The van der Waals surface area contributed by atoms with Crippen molar-refractivity contribution in [2.75, 3.05) is 11.9 Å². The first kappa shape index (κ1) is 25.3. The van der Waals surface area contributed by atoms with Crippen LogP contribution in [-0.4, -0.2) is 38.6 Å². The smallest absolute Gasteiger partial charge is 0.225 e. The molecule has 2 heterocycles. The largest absolute Gasteiger partial charge is 0.357 e. The van der Waals surface area contributed by atoms with Gasteiger partial charge in [-0.05, 0) is 48.8 Å². The number of hydrogen-bond donors (Lipinski definition) is 1. The van der Waals surface area contributed by atoms with Crippen molar-refractivity contribution in [1.29, 1.82) is 0 Å². The summed E-state index contributed by atoms with van der Waals surface area (Å²) in [5, 5.41) is 8.57. The molecule has 35 heavy (non-hydrogen) atoms. The lowest BCUT2D eigenvalue weighted by molar-refractivity contribution is 0.319. The van der Waals surface area contributed by atoms with E-state index in [0.29, 0.717) is 17.9 Å². The highest BCUT2D eigenvalue weighted by Crippen LogP contribution is 2.47. The van der Waals surface area contributed by atoms with Gasteiger partial charge in [0, 0.05) is 13.7 Å². The van der Waals surface area contributed by atoms with Crippen molar-refractivity contribution in [3.63, 3.8) is 0 Å². The Morgan fingerprint density at radius 1 is 0.914 bits per heavy atom. The second-order valence-corrected chi connectivity index (χ2v) is 12.8. The van der Waals surface area contributed by atoms with Gasteiger partial charge in [-0.25, -0.2) is 4.98 Å². The number of aromatic nitrogens is 3. The molecule has 0 saturated heterocycles. The molecule has 2 aromatic carbocycles. The van der Waals surface area contributed by atoms with Crippen LogP contribution in [0.5, 0.6) is 0 Å². The molecule has 0 aliphatic carbocycles. The van der Waals surface area contributed by atoms with Gasteiger partial charge >= 0.3 is 0 Å². The van der Waals surface area contributed by atoms with Gasteiger partial charge in [-0.1, -0.05) is 88.4 Å². The highest BCUT2D eigenvalue weighted by Gasteiger charge is 2.23. The SMILES string of the molecule is Cc1cc(C)c2c(-c3ccccc3)nc(NC(COP(C(C)C)C(C)C)Cc3ccccc3)n2n1. The zero-order chi connectivity index (χ0) is 24.9. The fraction of sp³-hybridized carbons (Fsp3) is 0.379. The number of fused-ring (bicyclic) bond motifs is 1. The number of nitrogens with zero attached hydrogens (tertiary/aromatic N) is 3. The van der Waals surface area contributed by atoms with Gasteiger partial charge in [-0.15, -0.1) is 0 Å². The second-order valence-electron chi connectivity index (χ2n) is 9.75. The summed E-state index contributed by atoms with van der Waals surface area (Å²) in [6.07, 6.45) is 0.848. The van der Waals surface area contributed by atoms with Crippen molar-refractivity contribution in [3.8, 4) is 11.3 Å². The Bertz CT molecular complexity index is 1230. The lowest BCUT2D eigenvalue weighted by atomic mass is 10.1. The number of hydrogen-bond acceptors (Lipinski definition) is 4. The minimum atomic E-state index is -0.519. The molecule has 1 unspecified atom stereocenters. The predicted octanol–water partition coefficient (Wildman–Crippen LogP) is 7.27. The van der Waals surface area contributed by atoms with Crippen molar-refractivity contribution in [2.45, 2.75) is 65.3 Å². The highest BCUT2D eigenvalue weighted by atomic mass is 31.1. The summed E-state index contributed by atoms with van der Waals surface area (Å²) < 4.78 is 8.54. The topological polar surface area (TPSA) is 51.5 Å². The quantitative estimate of drug-likeness (QED) is 0.239. The van der Waals surface area contributed by atoms with E-state index in [4.69, 9.17) is 14.6 Å². The monoisotopic (exact) mass is 488 g/mol. The number of anilines is 1. The standard InChI is InChI=1S/C29H37N4OP/c1-20(2)35(21(3)4)34-19-26(18-24-13-9-7-10-14-24)30-29-31-27(25-15-11-8-12-16-25)28-22(5)17-23(6)32-33(28)29/h7-17,20-21,26H,18-19H2,1-6H3,(H,30,31). The van der Waals surface area contributed by atoms with Crippen LogP contribution in [-0.2, 0) is 10.9 Å². The van der Waals surface area contributed by atoms with Crippen LogP contribution < -0.4 is 5.32 Å². The van der Waals surface area contributed by atoms with E-state index in [0.717, 1.165) is 40.4 Å². The van der Waals surface area contributed by atoms with Crippen molar-refractivity contribution < 1.29 is 4.52 Å². The molecule has 5 nitrogen and oxygen atoms in total. The molecule has 4 rings (SSSR count). The summed E-state index contributed by atoms with van der Waals surface area (Å²) in [5.41, 5.74) is 7.52. The van der Waals surface area contributed by atoms with Crippen LogP contribution in [0.4, 0.5) is 5.95 Å². The number of rotatable bonds is 10. The molecule has 0 radical (unpaired) electrons. The van der Waals surface area contributed by atoms with Gasteiger partial charge in [-0.3, -0.25) is 0 Å². The summed E-state index contributed by atoms with van der Waals surface area (Å²) in [7, 11) is -0.519. The Labute approximate surface area is 210 Å². The number of benzene rings is 2. The van der Waals surface area contributed by atoms with Crippen LogP contribution in [0, 0.1) is 13.8 Å². The molecular weight excluding hydrogens is 451 g/mol. The van der Waals surface area contributed by atoms with Gasteiger partial charge < -0.3 is 9.84 Å². The molecule has 6 heteroatoms. The zero-order valence-electron chi connectivity index (χ0n) is 21.7. The molecule has 0 saturated carbocycles. The summed E-state index contributed by atoms with van der Waals surface area (Å²) in [5.74, 6) is 0.758. The maximum atomic E-state index is 6.57. The van der Waals surface area contributed by atoms with Crippen LogP contribution in [0.25, 0.3) is 16.8 Å². The first-order valence-corrected chi connectivity index (χ1v) is 13.9. The minimum absolute atomic E-state index is 0.0664. The molecule has 0 fully saturated rings. The number of nitrogens with one attached hydrogen (secondary N) is 1. The Hall–Kier alpha value is -2.75. The van der Waals surface area contributed by atoms with Gasteiger partial charge in [-0.2, -0.15) is 9.61 Å².